The molecule has 0 aliphatic heterocycles. The number of rotatable bonds is 5. The summed E-state index contributed by atoms with van der Waals surface area (Å²) < 4.78 is 27.5. The van der Waals surface area contributed by atoms with Crippen molar-refractivity contribution < 1.29 is 8.78 Å². The van der Waals surface area contributed by atoms with E-state index >= 15 is 0 Å². The van der Waals surface area contributed by atoms with Gasteiger partial charge in [0.05, 0.1) is 11.9 Å². The lowest BCUT2D eigenvalue weighted by Crippen LogP contribution is -2.14. The summed E-state index contributed by atoms with van der Waals surface area (Å²) in [7, 11) is 0. The van der Waals surface area contributed by atoms with Crippen LogP contribution in [0.3, 0.4) is 0 Å². The van der Waals surface area contributed by atoms with Crippen molar-refractivity contribution in [2.24, 2.45) is 0 Å². The van der Waals surface area contributed by atoms with Crippen molar-refractivity contribution in [2.75, 3.05) is 6.54 Å². The molecule has 0 amide bonds. The monoisotopic (exact) mass is 265 g/mol. The topological polar surface area (TPSA) is 40.7 Å². The Morgan fingerprint density at radius 1 is 1.26 bits per heavy atom. The summed E-state index contributed by atoms with van der Waals surface area (Å²) in [5.74, 6) is -0.863. The van der Waals surface area contributed by atoms with Gasteiger partial charge in [0.1, 0.15) is 11.6 Å². The molecule has 102 valence electrons. The van der Waals surface area contributed by atoms with E-state index < -0.39 is 11.6 Å². The third-order valence-electron chi connectivity index (χ3n) is 2.98. The maximum Gasteiger partial charge on any atom is 0.133 e. The van der Waals surface area contributed by atoms with Crippen LogP contribution in [0.25, 0.3) is 11.3 Å². The van der Waals surface area contributed by atoms with Crippen molar-refractivity contribution in [2.45, 2.75) is 26.8 Å². The van der Waals surface area contributed by atoms with E-state index in [9.17, 15) is 8.78 Å². The predicted molar refractivity (Wildman–Crippen MR) is 70.7 cm³/mol. The molecule has 0 spiro atoms. The number of H-pyrrole nitrogens is 1. The first kappa shape index (κ1) is 13.7. The number of hydrogen-bond acceptors (Lipinski definition) is 2. The van der Waals surface area contributed by atoms with Crippen LogP contribution in [0.4, 0.5) is 8.78 Å². The van der Waals surface area contributed by atoms with Gasteiger partial charge in [-0.2, -0.15) is 5.10 Å². The van der Waals surface area contributed by atoms with Crippen LogP contribution >= 0.6 is 0 Å². The normalized spacial score (nSPS) is 10.9. The molecule has 0 bridgehead atoms. The van der Waals surface area contributed by atoms with Gasteiger partial charge in [0, 0.05) is 17.7 Å². The second-order valence-electron chi connectivity index (χ2n) is 4.53. The highest BCUT2D eigenvalue weighted by Crippen LogP contribution is 2.26. The van der Waals surface area contributed by atoms with Crippen LogP contribution in [0.15, 0.2) is 18.3 Å². The summed E-state index contributed by atoms with van der Waals surface area (Å²) in [6.45, 7) is 5.06. The van der Waals surface area contributed by atoms with E-state index in [2.05, 4.69) is 22.4 Å². The van der Waals surface area contributed by atoms with Gasteiger partial charge < -0.3 is 5.32 Å². The number of nitrogens with zero attached hydrogens (tertiary/aromatic N) is 1. The van der Waals surface area contributed by atoms with E-state index in [-0.39, 0.29) is 5.56 Å². The molecule has 2 aromatic rings. The van der Waals surface area contributed by atoms with Crippen molar-refractivity contribution in [1.29, 1.82) is 0 Å². The van der Waals surface area contributed by atoms with E-state index in [1.165, 1.54) is 12.1 Å². The maximum atomic E-state index is 13.9. The zero-order chi connectivity index (χ0) is 13.8. The second kappa shape index (κ2) is 5.93. The van der Waals surface area contributed by atoms with Crippen molar-refractivity contribution >= 4 is 0 Å². The maximum absolute atomic E-state index is 13.9. The minimum atomic E-state index is -0.445. The molecule has 0 radical (unpaired) electrons. The fourth-order valence-electron chi connectivity index (χ4n) is 1.92. The number of aromatic amines is 1. The first-order valence-electron chi connectivity index (χ1n) is 6.32. The van der Waals surface area contributed by atoms with Crippen molar-refractivity contribution in [3.63, 3.8) is 0 Å². The Bertz CT molecular complexity index is 564. The Morgan fingerprint density at radius 3 is 2.79 bits per heavy atom. The summed E-state index contributed by atoms with van der Waals surface area (Å²) in [5, 5.41) is 9.87. The molecule has 5 heteroatoms. The zero-order valence-electron chi connectivity index (χ0n) is 11.1. The fraction of sp³-hybridized carbons (Fsp3) is 0.357. The minimum Gasteiger partial charge on any atom is -0.313 e. The molecular weight excluding hydrogens is 248 g/mol. The van der Waals surface area contributed by atoms with Gasteiger partial charge in [0.25, 0.3) is 0 Å². The molecule has 0 fully saturated rings. The number of benzene rings is 1. The summed E-state index contributed by atoms with van der Waals surface area (Å²) >= 11 is 0. The van der Waals surface area contributed by atoms with Gasteiger partial charge in [-0.15, -0.1) is 0 Å². The molecule has 1 aromatic heterocycles. The average Bonchev–Trinajstić information content (AvgIpc) is 2.82. The first-order chi connectivity index (χ1) is 9.13. The molecule has 2 rings (SSSR count). The molecule has 1 heterocycles. The Labute approximate surface area is 111 Å². The standard InChI is InChI=1S/C14H17F2N3/c1-3-4-17-7-10-8-18-19-14(10)11-6-12(15)9(2)5-13(11)16/h5-6,8,17H,3-4,7H2,1-2H3,(H,18,19). The van der Waals surface area contributed by atoms with Crippen LogP contribution in [0.5, 0.6) is 0 Å². The fourth-order valence-corrected chi connectivity index (χ4v) is 1.92. The highest BCUT2D eigenvalue weighted by atomic mass is 19.1. The van der Waals surface area contributed by atoms with Crippen molar-refractivity contribution in [3.05, 3.63) is 41.1 Å². The SMILES string of the molecule is CCCNCc1cn[nH]c1-c1cc(F)c(C)cc1F. The summed E-state index contributed by atoms with van der Waals surface area (Å²) in [5.41, 5.74) is 1.87. The van der Waals surface area contributed by atoms with E-state index in [1.807, 2.05) is 0 Å². The van der Waals surface area contributed by atoms with Crippen LogP contribution in [-0.4, -0.2) is 16.7 Å². The second-order valence-corrected chi connectivity index (χ2v) is 4.53. The molecule has 0 atom stereocenters. The molecule has 19 heavy (non-hydrogen) atoms. The molecule has 0 saturated heterocycles. The average molecular weight is 265 g/mol. The smallest absolute Gasteiger partial charge is 0.133 e. The van der Waals surface area contributed by atoms with Crippen molar-refractivity contribution in [3.8, 4) is 11.3 Å². The Hall–Kier alpha value is -1.75. The van der Waals surface area contributed by atoms with Gasteiger partial charge in [-0.05, 0) is 37.6 Å². The van der Waals surface area contributed by atoms with Gasteiger partial charge >= 0.3 is 0 Å². The Kier molecular flexibility index (Phi) is 4.27. The lowest BCUT2D eigenvalue weighted by Gasteiger charge is -2.07. The van der Waals surface area contributed by atoms with Crippen LogP contribution in [0, 0.1) is 18.6 Å². The lowest BCUT2D eigenvalue weighted by atomic mass is 10.0. The molecule has 0 unspecified atom stereocenters. The number of hydrogen-bond donors (Lipinski definition) is 2. The number of aryl methyl sites for hydroxylation is 1. The van der Waals surface area contributed by atoms with E-state index in [0.29, 0.717) is 17.8 Å². The molecule has 1 aromatic carbocycles. The third kappa shape index (κ3) is 2.98. The quantitative estimate of drug-likeness (QED) is 0.815. The summed E-state index contributed by atoms with van der Waals surface area (Å²) in [4.78, 5) is 0. The molecule has 3 nitrogen and oxygen atoms in total. The van der Waals surface area contributed by atoms with Crippen molar-refractivity contribution in [1.82, 2.24) is 15.5 Å². The zero-order valence-corrected chi connectivity index (χ0v) is 11.1. The highest BCUT2D eigenvalue weighted by Gasteiger charge is 2.14. The molecule has 0 saturated carbocycles. The summed E-state index contributed by atoms with van der Waals surface area (Å²) in [6.07, 6.45) is 2.65. The predicted octanol–water partition coefficient (Wildman–Crippen LogP) is 3.16. The van der Waals surface area contributed by atoms with Gasteiger partial charge in [-0.3, -0.25) is 5.10 Å². The van der Waals surface area contributed by atoms with Gasteiger partial charge in [-0.1, -0.05) is 6.92 Å². The van der Waals surface area contributed by atoms with E-state index in [4.69, 9.17) is 0 Å². The van der Waals surface area contributed by atoms with Gasteiger partial charge in [0.2, 0.25) is 0 Å². The number of aromatic nitrogens is 2. The van der Waals surface area contributed by atoms with Crippen LogP contribution in [0.2, 0.25) is 0 Å². The highest BCUT2D eigenvalue weighted by molar-refractivity contribution is 5.64. The van der Waals surface area contributed by atoms with Gasteiger partial charge in [-0.25, -0.2) is 8.78 Å². The molecule has 2 N–H and O–H groups in total. The lowest BCUT2D eigenvalue weighted by molar-refractivity contribution is 0.594. The van der Waals surface area contributed by atoms with Gasteiger partial charge in [0.15, 0.2) is 0 Å². The van der Waals surface area contributed by atoms with E-state index in [0.717, 1.165) is 18.5 Å². The number of halogens is 2. The minimum absolute atomic E-state index is 0.217. The Morgan fingerprint density at radius 2 is 2.05 bits per heavy atom. The molecule has 0 aliphatic carbocycles. The first-order valence-corrected chi connectivity index (χ1v) is 6.32. The Balaban J connectivity index is 2.32. The molecular formula is C14H17F2N3. The summed E-state index contributed by atoms with van der Waals surface area (Å²) in [6, 6.07) is 2.41. The van der Waals surface area contributed by atoms with Crippen LogP contribution in [0.1, 0.15) is 24.5 Å². The van der Waals surface area contributed by atoms with Crippen LogP contribution < -0.4 is 5.32 Å². The van der Waals surface area contributed by atoms with Crippen LogP contribution in [-0.2, 0) is 6.54 Å². The van der Waals surface area contributed by atoms with E-state index in [1.54, 1.807) is 13.1 Å². The number of nitrogens with one attached hydrogen (secondary N) is 2. The molecule has 0 aliphatic rings. The largest absolute Gasteiger partial charge is 0.313 e. The third-order valence-corrected chi connectivity index (χ3v) is 2.98.